The van der Waals surface area contributed by atoms with Gasteiger partial charge in [-0.05, 0) is 60.2 Å². The number of carbonyl (C=O) groups is 1. The molecule has 3 aromatic carbocycles. The number of phenols is 1. The van der Waals surface area contributed by atoms with E-state index < -0.39 is 17.8 Å². The van der Waals surface area contributed by atoms with Gasteiger partial charge in [0.25, 0.3) is 0 Å². The molecule has 4 rings (SSSR count). The Morgan fingerprint density at radius 1 is 0.974 bits per heavy atom. The van der Waals surface area contributed by atoms with E-state index in [2.05, 4.69) is 17.4 Å². The molecule has 1 atom stereocenters. The first-order chi connectivity index (χ1) is 19.1. The molecule has 0 amide bonds. The highest BCUT2D eigenvalue weighted by molar-refractivity contribution is 5.79. The molecule has 1 heterocycles. The third kappa shape index (κ3) is 8.02. The van der Waals surface area contributed by atoms with Gasteiger partial charge in [-0.2, -0.15) is 0 Å². The van der Waals surface area contributed by atoms with Crippen molar-refractivity contribution in [2.45, 2.75) is 45.0 Å². The number of fused-ring (bicyclic) bond motifs is 1. The number of unbranched alkanes of at least 4 members (excludes halogenated alkanes) is 1. The van der Waals surface area contributed by atoms with Crippen LogP contribution in [0.1, 0.15) is 47.6 Å². The summed E-state index contributed by atoms with van der Waals surface area (Å²) < 4.78 is 30.4. The second-order valence-electron chi connectivity index (χ2n) is 9.62. The number of hydrogen-bond donors (Lipinski definition) is 2. The number of carbonyl (C=O) groups excluding carboxylic acids is 1. The lowest BCUT2D eigenvalue weighted by molar-refractivity contribution is -0.147. The van der Waals surface area contributed by atoms with Gasteiger partial charge in [0.2, 0.25) is 0 Å². The molecule has 2 N–H and O–H groups in total. The number of aromatic hydroxyl groups is 1. The number of methoxy groups -OCH3 is 1. The van der Waals surface area contributed by atoms with E-state index in [-0.39, 0.29) is 11.3 Å². The third-order valence-electron chi connectivity index (χ3n) is 6.80. The van der Waals surface area contributed by atoms with E-state index in [1.165, 1.54) is 30.9 Å². The fourth-order valence-electron chi connectivity index (χ4n) is 4.81. The van der Waals surface area contributed by atoms with Crippen molar-refractivity contribution in [1.82, 2.24) is 4.90 Å². The van der Waals surface area contributed by atoms with Crippen LogP contribution in [0.15, 0.2) is 66.7 Å². The van der Waals surface area contributed by atoms with Crippen molar-refractivity contribution in [3.05, 3.63) is 94.8 Å². The molecular formula is C31H37FN2O5. The summed E-state index contributed by atoms with van der Waals surface area (Å²) in [5.41, 5.74) is 4.57. The highest BCUT2D eigenvalue weighted by Crippen LogP contribution is 2.38. The molecule has 1 aliphatic heterocycles. The molecule has 1 unspecified atom stereocenters. The zero-order valence-corrected chi connectivity index (χ0v) is 22.4. The minimum absolute atomic E-state index is 0.136. The van der Waals surface area contributed by atoms with Crippen LogP contribution in [0.4, 0.5) is 10.1 Å². The summed E-state index contributed by atoms with van der Waals surface area (Å²) in [6.07, 6.45) is 2.78. The molecule has 0 aromatic heterocycles. The molecular weight excluding hydrogens is 499 g/mol. The molecule has 0 saturated heterocycles. The van der Waals surface area contributed by atoms with Gasteiger partial charge < -0.3 is 24.6 Å². The lowest BCUT2D eigenvalue weighted by Crippen LogP contribution is -2.31. The topological polar surface area (TPSA) is 80.3 Å². The van der Waals surface area contributed by atoms with Gasteiger partial charge in [0, 0.05) is 50.7 Å². The van der Waals surface area contributed by atoms with Crippen LogP contribution in [-0.4, -0.2) is 49.5 Å². The van der Waals surface area contributed by atoms with E-state index in [1.54, 1.807) is 0 Å². The minimum atomic E-state index is -0.910. The minimum Gasteiger partial charge on any atom is -0.508 e. The van der Waals surface area contributed by atoms with Crippen LogP contribution in [-0.2, 0) is 38.7 Å². The van der Waals surface area contributed by atoms with E-state index in [1.807, 2.05) is 41.3 Å². The summed E-state index contributed by atoms with van der Waals surface area (Å²) in [4.78, 5) is 14.6. The fraction of sp³-hybridized carbons (Fsp3) is 0.387. The van der Waals surface area contributed by atoms with Gasteiger partial charge in [-0.15, -0.1) is 0 Å². The van der Waals surface area contributed by atoms with Crippen molar-refractivity contribution in [3.63, 3.8) is 0 Å². The summed E-state index contributed by atoms with van der Waals surface area (Å²) in [6, 6.07) is 18.9. The summed E-state index contributed by atoms with van der Waals surface area (Å²) in [5, 5.41) is 13.9. The zero-order chi connectivity index (χ0) is 27.5. The average molecular weight is 537 g/mol. The van der Waals surface area contributed by atoms with E-state index in [4.69, 9.17) is 14.2 Å². The molecule has 0 saturated carbocycles. The summed E-state index contributed by atoms with van der Waals surface area (Å²) >= 11 is 0. The highest BCUT2D eigenvalue weighted by atomic mass is 19.1. The maximum Gasteiger partial charge on any atom is 0.327 e. The fourth-order valence-corrected chi connectivity index (χ4v) is 4.81. The molecule has 0 aliphatic carbocycles. The summed E-state index contributed by atoms with van der Waals surface area (Å²) in [5.74, 6) is -1.19. The molecule has 39 heavy (non-hydrogen) atoms. The van der Waals surface area contributed by atoms with Gasteiger partial charge in [-0.1, -0.05) is 42.5 Å². The van der Waals surface area contributed by atoms with Crippen molar-refractivity contribution >= 4 is 11.7 Å². The maximum atomic E-state index is 14.0. The van der Waals surface area contributed by atoms with Crippen molar-refractivity contribution in [3.8, 4) is 5.75 Å². The number of ether oxygens (including phenoxy) is 3. The van der Waals surface area contributed by atoms with Crippen LogP contribution in [0, 0.1) is 5.82 Å². The van der Waals surface area contributed by atoms with Crippen molar-refractivity contribution < 1.29 is 28.5 Å². The summed E-state index contributed by atoms with van der Waals surface area (Å²) in [6.45, 7) is 4.47. The zero-order valence-electron chi connectivity index (χ0n) is 22.4. The predicted molar refractivity (Wildman–Crippen MR) is 148 cm³/mol. The molecule has 208 valence electrons. The van der Waals surface area contributed by atoms with Crippen LogP contribution in [0.2, 0.25) is 0 Å². The van der Waals surface area contributed by atoms with Crippen molar-refractivity contribution in [1.29, 1.82) is 0 Å². The SMILES string of the molecule is COC(=O)C(c1cc(F)ccc1O)N1Cc2cccc(NCCCCOCCCOCc3ccccc3)c2C1. The monoisotopic (exact) mass is 536 g/mol. The van der Waals surface area contributed by atoms with Gasteiger partial charge in [0.05, 0.1) is 13.7 Å². The summed E-state index contributed by atoms with van der Waals surface area (Å²) in [7, 11) is 1.30. The Kier molecular flexibility index (Phi) is 10.7. The van der Waals surface area contributed by atoms with Gasteiger partial charge in [0.15, 0.2) is 0 Å². The normalized spacial score (nSPS) is 13.7. The third-order valence-corrected chi connectivity index (χ3v) is 6.80. The Morgan fingerprint density at radius 3 is 2.59 bits per heavy atom. The van der Waals surface area contributed by atoms with Gasteiger partial charge in [-0.3, -0.25) is 4.90 Å². The molecule has 0 spiro atoms. The van der Waals surface area contributed by atoms with E-state index >= 15 is 0 Å². The predicted octanol–water partition coefficient (Wildman–Crippen LogP) is 5.58. The number of anilines is 1. The van der Waals surface area contributed by atoms with Crippen LogP contribution < -0.4 is 5.32 Å². The number of benzene rings is 3. The lowest BCUT2D eigenvalue weighted by Gasteiger charge is -2.26. The quantitative estimate of drug-likeness (QED) is 0.194. The van der Waals surface area contributed by atoms with Gasteiger partial charge >= 0.3 is 5.97 Å². The van der Waals surface area contributed by atoms with Crippen molar-refractivity contribution in [2.24, 2.45) is 0 Å². The molecule has 1 aliphatic rings. The smallest absolute Gasteiger partial charge is 0.327 e. The van der Waals surface area contributed by atoms with E-state index in [9.17, 15) is 14.3 Å². The van der Waals surface area contributed by atoms with E-state index in [0.717, 1.165) is 42.6 Å². The maximum absolute atomic E-state index is 14.0. The average Bonchev–Trinajstić information content (AvgIpc) is 3.38. The molecule has 0 bridgehead atoms. The highest BCUT2D eigenvalue weighted by Gasteiger charge is 2.35. The number of nitrogens with zero attached hydrogens (tertiary/aromatic N) is 1. The Balaban J connectivity index is 1.19. The molecule has 0 radical (unpaired) electrons. The number of rotatable bonds is 15. The largest absolute Gasteiger partial charge is 0.508 e. The number of phenolic OH excluding ortho intramolecular Hbond substituents is 1. The first-order valence-corrected chi connectivity index (χ1v) is 13.4. The standard InChI is InChI=1S/C31H37FN2O5/c1-37-31(36)30(26-19-25(32)13-14-29(26)35)34-20-24-11-7-12-28(27(24)21-34)33-15-5-6-16-38-17-8-18-39-22-23-9-3-2-4-10-23/h2-4,7,9-14,19,30,33,35H,5-6,8,15-18,20-22H2,1H3. The Bertz CT molecular complexity index is 1210. The lowest BCUT2D eigenvalue weighted by atomic mass is 10.0. The van der Waals surface area contributed by atoms with Gasteiger partial charge in [0.1, 0.15) is 17.6 Å². The van der Waals surface area contributed by atoms with Crippen LogP contribution in [0.3, 0.4) is 0 Å². The van der Waals surface area contributed by atoms with Crippen molar-refractivity contribution in [2.75, 3.05) is 38.8 Å². The second kappa shape index (κ2) is 14.6. The molecule has 3 aromatic rings. The molecule has 8 heteroatoms. The number of esters is 1. The van der Waals surface area contributed by atoms with Crippen LogP contribution in [0.5, 0.6) is 5.75 Å². The first kappa shape index (κ1) is 28.5. The second-order valence-corrected chi connectivity index (χ2v) is 9.62. The van der Waals surface area contributed by atoms with Crippen LogP contribution >= 0.6 is 0 Å². The Labute approximate surface area is 229 Å². The van der Waals surface area contributed by atoms with Gasteiger partial charge in [-0.25, -0.2) is 9.18 Å². The molecule has 7 nitrogen and oxygen atoms in total. The first-order valence-electron chi connectivity index (χ1n) is 13.4. The number of nitrogens with one attached hydrogen (secondary N) is 1. The Hall–Kier alpha value is -3.46. The molecule has 0 fully saturated rings. The Morgan fingerprint density at radius 2 is 1.77 bits per heavy atom. The van der Waals surface area contributed by atoms with Crippen LogP contribution in [0.25, 0.3) is 0 Å². The number of hydrogen-bond acceptors (Lipinski definition) is 7. The van der Waals surface area contributed by atoms with E-state index in [0.29, 0.717) is 39.5 Å². The number of halogens is 1.